The average molecular weight is 338 g/mol. The molecule has 1 aromatic carbocycles. The number of carbonyl (C=O) groups is 1. The highest BCUT2D eigenvalue weighted by atomic mass is 32.2. The van der Waals surface area contributed by atoms with E-state index in [2.05, 4.69) is 4.98 Å². The van der Waals surface area contributed by atoms with Crippen molar-refractivity contribution in [2.75, 3.05) is 20.3 Å². The molecule has 1 aliphatic rings. The van der Waals surface area contributed by atoms with Crippen molar-refractivity contribution < 1.29 is 23.1 Å². The summed E-state index contributed by atoms with van der Waals surface area (Å²) >= 11 is 0. The minimum absolute atomic E-state index is 0.0942. The first kappa shape index (κ1) is 16.0. The number of aliphatic carboxylic acids is 1. The van der Waals surface area contributed by atoms with Crippen LogP contribution in [0.15, 0.2) is 35.4 Å². The van der Waals surface area contributed by atoms with Gasteiger partial charge in [0.1, 0.15) is 4.90 Å². The van der Waals surface area contributed by atoms with Crippen LogP contribution in [0, 0.1) is 0 Å². The van der Waals surface area contributed by atoms with Gasteiger partial charge in [-0.25, -0.2) is 8.42 Å². The van der Waals surface area contributed by atoms with Crippen molar-refractivity contribution in [3.8, 4) is 0 Å². The molecule has 1 aliphatic heterocycles. The predicted octanol–water partition coefficient (Wildman–Crippen LogP) is 1.42. The zero-order valence-electron chi connectivity index (χ0n) is 12.7. The molecule has 23 heavy (non-hydrogen) atoms. The largest absolute Gasteiger partial charge is 0.480 e. The molecule has 3 rings (SSSR count). The highest BCUT2D eigenvalue weighted by Crippen LogP contribution is 2.37. The molecular formula is C15H18N2O5S. The lowest BCUT2D eigenvalue weighted by Crippen LogP contribution is -2.55. The van der Waals surface area contributed by atoms with Crippen LogP contribution in [0.3, 0.4) is 0 Å². The SMILES string of the molecule is COCC1(C(=O)O)CCCN1S(=O)(=O)c1c[nH]c2ccccc12. The van der Waals surface area contributed by atoms with E-state index in [1.165, 1.54) is 13.3 Å². The number of fused-ring (bicyclic) bond motifs is 1. The first-order valence-corrected chi connectivity index (χ1v) is 8.69. The third-order valence-corrected chi connectivity index (χ3v) is 6.34. The summed E-state index contributed by atoms with van der Waals surface area (Å²) in [5.74, 6) is -1.18. The molecule has 2 heterocycles. The average Bonchev–Trinajstić information content (AvgIpc) is 3.12. The van der Waals surface area contributed by atoms with E-state index in [1.54, 1.807) is 24.3 Å². The van der Waals surface area contributed by atoms with E-state index >= 15 is 0 Å². The second kappa shape index (κ2) is 5.63. The van der Waals surface area contributed by atoms with Crippen LogP contribution < -0.4 is 0 Å². The van der Waals surface area contributed by atoms with Crippen LogP contribution in [-0.4, -0.2) is 54.6 Å². The second-order valence-electron chi connectivity index (χ2n) is 5.65. The Hall–Kier alpha value is -1.90. The number of carboxylic acids is 1. The molecule has 0 amide bonds. The number of benzene rings is 1. The summed E-state index contributed by atoms with van der Waals surface area (Å²) in [6, 6.07) is 7.03. The lowest BCUT2D eigenvalue weighted by atomic mass is 9.99. The number of aromatic amines is 1. The van der Waals surface area contributed by atoms with Crippen molar-refractivity contribution in [2.24, 2.45) is 0 Å². The predicted molar refractivity (Wildman–Crippen MR) is 83.7 cm³/mol. The van der Waals surface area contributed by atoms with Gasteiger partial charge in [-0.3, -0.25) is 4.79 Å². The Bertz CT molecular complexity index is 844. The minimum atomic E-state index is -3.96. The summed E-state index contributed by atoms with van der Waals surface area (Å²) in [5, 5.41) is 10.2. The third-order valence-electron chi connectivity index (χ3n) is 4.33. The van der Waals surface area contributed by atoms with Crippen molar-refractivity contribution in [3.63, 3.8) is 0 Å². The number of sulfonamides is 1. The number of carboxylic acid groups (broad SMARTS) is 1. The first-order valence-electron chi connectivity index (χ1n) is 7.25. The summed E-state index contributed by atoms with van der Waals surface area (Å²) in [5.41, 5.74) is -0.857. The number of hydrogen-bond acceptors (Lipinski definition) is 4. The fourth-order valence-electron chi connectivity index (χ4n) is 3.24. The smallest absolute Gasteiger partial charge is 0.327 e. The van der Waals surface area contributed by atoms with E-state index in [0.29, 0.717) is 17.3 Å². The molecule has 124 valence electrons. The zero-order chi connectivity index (χ0) is 16.7. The van der Waals surface area contributed by atoms with E-state index in [-0.39, 0.29) is 24.5 Å². The maximum atomic E-state index is 13.1. The Morgan fingerprint density at radius 3 is 2.87 bits per heavy atom. The highest BCUT2D eigenvalue weighted by molar-refractivity contribution is 7.89. The van der Waals surface area contributed by atoms with Crippen LogP contribution >= 0.6 is 0 Å². The van der Waals surface area contributed by atoms with Gasteiger partial charge in [-0.1, -0.05) is 18.2 Å². The Balaban J connectivity index is 2.13. The summed E-state index contributed by atoms with van der Waals surface area (Å²) in [6.07, 6.45) is 2.13. The van der Waals surface area contributed by atoms with Gasteiger partial charge in [0.05, 0.1) is 6.61 Å². The van der Waals surface area contributed by atoms with E-state index < -0.39 is 21.5 Å². The Kier molecular flexibility index (Phi) is 3.91. The molecule has 0 aliphatic carbocycles. The van der Waals surface area contributed by atoms with Gasteiger partial charge in [-0.15, -0.1) is 0 Å². The van der Waals surface area contributed by atoms with E-state index in [4.69, 9.17) is 4.74 Å². The van der Waals surface area contributed by atoms with Crippen LogP contribution in [0.2, 0.25) is 0 Å². The lowest BCUT2D eigenvalue weighted by Gasteiger charge is -2.32. The number of hydrogen-bond donors (Lipinski definition) is 2. The number of nitrogens with zero attached hydrogens (tertiary/aromatic N) is 1. The zero-order valence-corrected chi connectivity index (χ0v) is 13.5. The molecule has 2 N–H and O–H groups in total. The number of ether oxygens (including phenoxy) is 1. The summed E-state index contributed by atoms with van der Waals surface area (Å²) in [7, 11) is -2.58. The molecular weight excluding hydrogens is 320 g/mol. The van der Waals surface area contributed by atoms with Gasteiger partial charge in [0.25, 0.3) is 0 Å². The van der Waals surface area contributed by atoms with Gasteiger partial charge >= 0.3 is 5.97 Å². The third kappa shape index (κ3) is 2.34. The summed E-state index contributed by atoms with van der Waals surface area (Å²) in [6.45, 7) is -0.0125. The Labute approximate surface area is 133 Å². The molecule has 1 saturated heterocycles. The van der Waals surface area contributed by atoms with Crippen LogP contribution in [0.1, 0.15) is 12.8 Å². The van der Waals surface area contributed by atoms with Crippen LogP contribution in [0.4, 0.5) is 0 Å². The fourth-order valence-corrected chi connectivity index (χ4v) is 5.19. The maximum absolute atomic E-state index is 13.1. The Morgan fingerprint density at radius 1 is 1.43 bits per heavy atom. The molecule has 8 heteroatoms. The van der Waals surface area contributed by atoms with Crippen LogP contribution in [0.5, 0.6) is 0 Å². The number of rotatable bonds is 5. The van der Waals surface area contributed by atoms with Gasteiger partial charge in [-0.05, 0) is 18.9 Å². The molecule has 0 bridgehead atoms. The van der Waals surface area contributed by atoms with E-state index in [1.807, 2.05) is 0 Å². The number of H-pyrrole nitrogens is 1. The Morgan fingerprint density at radius 2 is 2.17 bits per heavy atom. The van der Waals surface area contributed by atoms with Crippen molar-refractivity contribution in [2.45, 2.75) is 23.3 Å². The molecule has 2 aromatic rings. The van der Waals surface area contributed by atoms with E-state index in [0.717, 1.165) is 4.31 Å². The van der Waals surface area contributed by atoms with Gasteiger partial charge in [0.15, 0.2) is 5.54 Å². The van der Waals surface area contributed by atoms with Crippen molar-refractivity contribution >= 4 is 26.9 Å². The first-order chi connectivity index (χ1) is 10.9. The standard InChI is InChI=1S/C15H18N2O5S/c1-22-10-15(14(18)19)7-4-8-17(15)23(20,21)13-9-16-12-6-3-2-5-11(12)13/h2-3,5-6,9,16H,4,7-8,10H2,1H3,(H,18,19). The van der Waals surface area contributed by atoms with Gasteiger partial charge < -0.3 is 14.8 Å². The van der Waals surface area contributed by atoms with Crippen molar-refractivity contribution in [3.05, 3.63) is 30.5 Å². The lowest BCUT2D eigenvalue weighted by molar-refractivity contribution is -0.150. The molecule has 1 fully saturated rings. The molecule has 0 spiro atoms. The van der Waals surface area contributed by atoms with Gasteiger partial charge in [-0.2, -0.15) is 4.31 Å². The fraction of sp³-hybridized carbons (Fsp3) is 0.400. The van der Waals surface area contributed by atoms with Crippen LogP contribution in [-0.2, 0) is 19.6 Å². The number of aromatic nitrogens is 1. The summed E-state index contributed by atoms with van der Waals surface area (Å²) < 4.78 is 32.3. The topological polar surface area (TPSA) is 99.7 Å². The number of para-hydroxylation sites is 1. The molecule has 0 radical (unpaired) electrons. The van der Waals surface area contributed by atoms with Crippen molar-refractivity contribution in [1.29, 1.82) is 0 Å². The highest BCUT2D eigenvalue weighted by Gasteiger charge is 2.53. The molecule has 1 aromatic heterocycles. The second-order valence-corrected chi connectivity index (χ2v) is 7.48. The van der Waals surface area contributed by atoms with Crippen molar-refractivity contribution in [1.82, 2.24) is 9.29 Å². The summed E-state index contributed by atoms with van der Waals surface area (Å²) in [4.78, 5) is 14.8. The molecule has 0 saturated carbocycles. The maximum Gasteiger partial charge on any atom is 0.327 e. The monoisotopic (exact) mass is 338 g/mol. The minimum Gasteiger partial charge on any atom is -0.480 e. The van der Waals surface area contributed by atoms with Gasteiger partial charge in [0, 0.05) is 30.8 Å². The molecule has 1 unspecified atom stereocenters. The number of nitrogens with one attached hydrogen (secondary N) is 1. The quantitative estimate of drug-likeness (QED) is 0.859. The normalized spacial score (nSPS) is 22.7. The van der Waals surface area contributed by atoms with Crippen LogP contribution in [0.25, 0.3) is 10.9 Å². The van der Waals surface area contributed by atoms with E-state index in [9.17, 15) is 18.3 Å². The molecule has 7 nitrogen and oxygen atoms in total. The van der Waals surface area contributed by atoms with Gasteiger partial charge in [0.2, 0.25) is 10.0 Å². The molecule has 1 atom stereocenters. The number of methoxy groups -OCH3 is 1.